The first-order valence-corrected chi connectivity index (χ1v) is 11.6. The number of ether oxygens (including phenoxy) is 4. The molecule has 5 rings (SSSR count). The van der Waals surface area contributed by atoms with E-state index in [-0.39, 0.29) is 21.8 Å². The maximum absolute atomic E-state index is 14.4. The Balaban J connectivity index is 1.36. The van der Waals surface area contributed by atoms with Crippen molar-refractivity contribution in [1.82, 2.24) is 14.9 Å². The Morgan fingerprint density at radius 1 is 1.15 bits per heavy atom. The van der Waals surface area contributed by atoms with E-state index in [1.165, 1.54) is 12.4 Å². The smallest absolute Gasteiger partial charge is 0.163 e. The van der Waals surface area contributed by atoms with Gasteiger partial charge in [-0.15, -0.1) is 0 Å². The predicted molar refractivity (Wildman–Crippen MR) is 127 cm³/mol. The van der Waals surface area contributed by atoms with Crippen LogP contribution in [0.2, 0.25) is 10.0 Å². The van der Waals surface area contributed by atoms with E-state index in [1.807, 2.05) is 0 Å². The fraction of sp³-hybridized carbons (Fsp3) is 0.391. The molecule has 34 heavy (non-hydrogen) atoms. The largest absolute Gasteiger partial charge is 0.493 e. The topological polar surface area (TPSA) is 78.0 Å². The summed E-state index contributed by atoms with van der Waals surface area (Å²) >= 11 is 11.9. The van der Waals surface area contributed by atoms with Crippen LogP contribution in [0, 0.1) is 5.82 Å². The third-order valence-corrected chi connectivity index (χ3v) is 6.64. The van der Waals surface area contributed by atoms with Crippen molar-refractivity contribution < 1.29 is 23.3 Å². The molecule has 2 aliphatic rings. The third kappa shape index (κ3) is 4.85. The summed E-state index contributed by atoms with van der Waals surface area (Å²) < 4.78 is 37.5. The lowest BCUT2D eigenvalue weighted by molar-refractivity contribution is -0.124. The molecule has 3 heterocycles. The number of nitrogens with one attached hydrogen (secondary N) is 1. The molecule has 0 saturated carbocycles. The minimum atomic E-state index is -0.553. The minimum absolute atomic E-state index is 0.0602. The van der Waals surface area contributed by atoms with E-state index in [9.17, 15) is 4.39 Å². The van der Waals surface area contributed by atoms with Crippen LogP contribution in [0.1, 0.15) is 0 Å². The van der Waals surface area contributed by atoms with Crippen molar-refractivity contribution in [3.63, 3.8) is 0 Å². The Hall–Kier alpha value is -2.43. The summed E-state index contributed by atoms with van der Waals surface area (Å²) in [6.07, 6.45) is 1.33. The van der Waals surface area contributed by atoms with E-state index in [1.54, 1.807) is 19.2 Å². The van der Waals surface area contributed by atoms with Crippen LogP contribution in [0.3, 0.4) is 0 Å². The van der Waals surface area contributed by atoms with E-state index < -0.39 is 5.82 Å². The zero-order valence-electron chi connectivity index (χ0n) is 18.4. The standard InChI is InChI=1S/C23H23Cl2FN4O4/c1-31-21-4-15-19(27-12-28-23(15)29-20-6-17(25)16(24)5-18(20)26)7-22(21)34-11-14-8-30-2-3-32-9-13(30)10-33-14/h4-7,12-14H,2-3,8-11H2,1H3,(H,27,28,29)/t13-,14-/m0/s1. The number of rotatable bonds is 6. The molecule has 0 aliphatic carbocycles. The lowest BCUT2D eigenvalue weighted by atomic mass is 10.1. The van der Waals surface area contributed by atoms with E-state index in [0.717, 1.165) is 25.8 Å². The van der Waals surface area contributed by atoms with Crippen LogP contribution in [0.4, 0.5) is 15.9 Å². The lowest BCUT2D eigenvalue weighted by Crippen LogP contribution is -2.56. The number of fused-ring (bicyclic) bond motifs is 2. The minimum Gasteiger partial charge on any atom is -0.493 e. The van der Waals surface area contributed by atoms with Crippen molar-refractivity contribution in [2.24, 2.45) is 0 Å². The zero-order valence-corrected chi connectivity index (χ0v) is 19.9. The van der Waals surface area contributed by atoms with Crippen LogP contribution in [0.25, 0.3) is 10.9 Å². The van der Waals surface area contributed by atoms with Crippen molar-refractivity contribution in [1.29, 1.82) is 0 Å². The van der Waals surface area contributed by atoms with E-state index >= 15 is 0 Å². The number of anilines is 2. The zero-order chi connectivity index (χ0) is 23.7. The molecule has 0 radical (unpaired) electrons. The van der Waals surface area contributed by atoms with Gasteiger partial charge >= 0.3 is 0 Å². The Morgan fingerprint density at radius 3 is 2.85 bits per heavy atom. The van der Waals surface area contributed by atoms with Gasteiger partial charge in [-0.1, -0.05) is 23.2 Å². The van der Waals surface area contributed by atoms with E-state index in [4.69, 9.17) is 42.1 Å². The molecule has 3 aromatic rings. The Morgan fingerprint density at radius 2 is 2.00 bits per heavy atom. The highest BCUT2D eigenvalue weighted by molar-refractivity contribution is 6.42. The highest BCUT2D eigenvalue weighted by Gasteiger charge is 2.31. The summed E-state index contributed by atoms with van der Waals surface area (Å²) in [7, 11) is 1.55. The van der Waals surface area contributed by atoms with Gasteiger partial charge in [-0.2, -0.15) is 0 Å². The monoisotopic (exact) mass is 508 g/mol. The lowest BCUT2D eigenvalue weighted by Gasteiger charge is -2.41. The van der Waals surface area contributed by atoms with Crippen LogP contribution in [0.15, 0.2) is 30.6 Å². The second-order valence-electron chi connectivity index (χ2n) is 8.10. The highest BCUT2D eigenvalue weighted by atomic mass is 35.5. The summed E-state index contributed by atoms with van der Waals surface area (Å²) in [5.41, 5.74) is 0.746. The molecular weight excluding hydrogens is 486 g/mol. The first-order valence-electron chi connectivity index (χ1n) is 10.8. The van der Waals surface area contributed by atoms with Crippen LogP contribution >= 0.6 is 23.2 Å². The number of hydrogen-bond acceptors (Lipinski definition) is 8. The van der Waals surface area contributed by atoms with Crippen molar-refractivity contribution >= 4 is 45.6 Å². The van der Waals surface area contributed by atoms with Crippen molar-refractivity contribution in [2.45, 2.75) is 12.1 Å². The average Bonchev–Trinajstić information content (AvgIpc) is 2.85. The summed E-state index contributed by atoms with van der Waals surface area (Å²) in [6, 6.07) is 6.39. The van der Waals surface area contributed by atoms with Gasteiger partial charge in [-0.05, 0) is 18.2 Å². The SMILES string of the molecule is COc1cc2c(Nc3cc(Cl)c(Cl)cc3F)ncnc2cc1OC[C@@H]1CN2CCOC[C@H]2CO1. The van der Waals surface area contributed by atoms with Crippen molar-refractivity contribution in [3.05, 3.63) is 46.5 Å². The van der Waals surface area contributed by atoms with Gasteiger partial charge in [-0.25, -0.2) is 14.4 Å². The number of nitrogens with zero attached hydrogens (tertiary/aromatic N) is 3. The molecule has 0 bridgehead atoms. The summed E-state index contributed by atoms with van der Waals surface area (Å²) in [6.45, 7) is 4.12. The van der Waals surface area contributed by atoms with Crippen LogP contribution in [0.5, 0.6) is 11.5 Å². The van der Waals surface area contributed by atoms with Gasteiger partial charge in [0.15, 0.2) is 11.5 Å². The molecular formula is C23H23Cl2FN4O4. The van der Waals surface area contributed by atoms with Crippen molar-refractivity contribution in [3.8, 4) is 11.5 Å². The second-order valence-corrected chi connectivity index (χ2v) is 8.92. The molecule has 11 heteroatoms. The van der Waals surface area contributed by atoms with Gasteiger partial charge in [0.25, 0.3) is 0 Å². The molecule has 1 aromatic heterocycles. The number of aromatic nitrogens is 2. The van der Waals surface area contributed by atoms with Gasteiger partial charge in [0, 0.05) is 24.5 Å². The van der Waals surface area contributed by atoms with Crippen LogP contribution in [-0.4, -0.2) is 73.6 Å². The summed E-state index contributed by atoms with van der Waals surface area (Å²) in [5.74, 6) is 0.872. The van der Waals surface area contributed by atoms with Crippen LogP contribution < -0.4 is 14.8 Å². The molecule has 0 unspecified atom stereocenters. The molecule has 1 N–H and O–H groups in total. The Kier molecular flexibility index (Phi) is 6.89. The molecule has 8 nitrogen and oxygen atoms in total. The van der Waals surface area contributed by atoms with Gasteiger partial charge in [-0.3, -0.25) is 4.90 Å². The molecule has 0 spiro atoms. The Labute approximate surface area is 205 Å². The molecule has 2 atom stereocenters. The maximum atomic E-state index is 14.4. The fourth-order valence-corrected chi connectivity index (χ4v) is 4.42. The number of methoxy groups -OCH3 is 1. The normalized spacial score (nSPS) is 20.7. The predicted octanol–water partition coefficient (Wildman–Crippen LogP) is 4.31. The van der Waals surface area contributed by atoms with Crippen molar-refractivity contribution in [2.75, 3.05) is 51.9 Å². The fourth-order valence-electron chi connectivity index (χ4n) is 4.11. The highest BCUT2D eigenvalue weighted by Crippen LogP contribution is 2.36. The Bertz CT molecular complexity index is 1200. The summed E-state index contributed by atoms with van der Waals surface area (Å²) in [5, 5.41) is 3.95. The molecule has 180 valence electrons. The number of halogens is 3. The first-order chi connectivity index (χ1) is 16.5. The molecule has 0 amide bonds. The maximum Gasteiger partial charge on any atom is 0.163 e. The van der Waals surface area contributed by atoms with E-state index in [0.29, 0.717) is 54.1 Å². The van der Waals surface area contributed by atoms with Crippen LogP contribution in [-0.2, 0) is 9.47 Å². The summed E-state index contributed by atoms with van der Waals surface area (Å²) in [4.78, 5) is 11.0. The quantitative estimate of drug-likeness (QED) is 0.493. The van der Waals surface area contributed by atoms with Gasteiger partial charge in [0.2, 0.25) is 0 Å². The molecule has 2 fully saturated rings. The molecule has 2 aliphatic heterocycles. The first kappa shape index (κ1) is 23.3. The average molecular weight is 509 g/mol. The second kappa shape index (κ2) is 10.1. The molecule has 2 saturated heterocycles. The van der Waals surface area contributed by atoms with Gasteiger partial charge < -0.3 is 24.3 Å². The van der Waals surface area contributed by atoms with Gasteiger partial charge in [0.1, 0.15) is 30.7 Å². The number of morpholine rings is 2. The molecule has 2 aromatic carbocycles. The third-order valence-electron chi connectivity index (χ3n) is 5.92. The van der Waals surface area contributed by atoms with Gasteiger partial charge in [0.05, 0.1) is 54.2 Å². The number of benzene rings is 2. The number of hydrogen-bond donors (Lipinski definition) is 1. The van der Waals surface area contributed by atoms with E-state index in [2.05, 4.69) is 20.2 Å².